The Labute approximate surface area is 126 Å². The molecule has 0 saturated carbocycles. The molecule has 0 heterocycles. The van der Waals surface area contributed by atoms with E-state index in [1.54, 1.807) is 25.1 Å². The van der Waals surface area contributed by atoms with E-state index in [1.165, 1.54) is 19.2 Å². The van der Waals surface area contributed by atoms with Gasteiger partial charge in [-0.25, -0.2) is 9.18 Å². The lowest BCUT2D eigenvalue weighted by molar-refractivity contribution is 0.0602. The van der Waals surface area contributed by atoms with E-state index >= 15 is 0 Å². The van der Waals surface area contributed by atoms with Gasteiger partial charge >= 0.3 is 5.97 Å². The van der Waals surface area contributed by atoms with E-state index < -0.39 is 11.8 Å². The van der Waals surface area contributed by atoms with Crippen molar-refractivity contribution in [2.24, 2.45) is 0 Å². The number of carbonyl (C=O) groups excluding carboxylic acids is 1. The number of aryl methyl sites for hydroxylation is 1. The van der Waals surface area contributed by atoms with E-state index in [2.05, 4.69) is 10.1 Å². The maximum absolute atomic E-state index is 13.3. The van der Waals surface area contributed by atoms with Gasteiger partial charge < -0.3 is 15.8 Å². The number of rotatable bonds is 3. The van der Waals surface area contributed by atoms with Gasteiger partial charge in [-0.1, -0.05) is 11.6 Å². The Balaban J connectivity index is 2.40. The lowest BCUT2D eigenvalue weighted by Crippen LogP contribution is -2.08. The minimum atomic E-state index is -0.531. The van der Waals surface area contributed by atoms with Crippen molar-refractivity contribution in [3.05, 3.63) is 52.3 Å². The van der Waals surface area contributed by atoms with Gasteiger partial charge in [0.25, 0.3) is 0 Å². The molecule has 2 rings (SSSR count). The summed E-state index contributed by atoms with van der Waals surface area (Å²) in [7, 11) is 1.28. The lowest BCUT2D eigenvalue weighted by Gasteiger charge is -2.12. The molecule has 0 fully saturated rings. The van der Waals surface area contributed by atoms with Crippen molar-refractivity contribution < 1.29 is 13.9 Å². The molecule has 0 aromatic heterocycles. The monoisotopic (exact) mass is 308 g/mol. The summed E-state index contributed by atoms with van der Waals surface area (Å²) in [6, 6.07) is 7.39. The average Bonchev–Trinajstić information content (AvgIpc) is 2.40. The van der Waals surface area contributed by atoms with E-state index in [9.17, 15) is 9.18 Å². The number of nitrogens with one attached hydrogen (secondary N) is 1. The Hall–Kier alpha value is -2.27. The predicted octanol–water partition coefficient (Wildman–Crippen LogP) is 3.90. The van der Waals surface area contributed by atoms with Crippen molar-refractivity contribution in [3.8, 4) is 0 Å². The summed E-state index contributed by atoms with van der Waals surface area (Å²) < 4.78 is 18.0. The number of hydrogen-bond acceptors (Lipinski definition) is 4. The Bertz CT molecular complexity index is 684. The van der Waals surface area contributed by atoms with Crippen LogP contribution in [0.5, 0.6) is 0 Å². The van der Waals surface area contributed by atoms with Crippen LogP contribution in [0.3, 0.4) is 0 Å². The van der Waals surface area contributed by atoms with Crippen molar-refractivity contribution in [2.75, 3.05) is 18.2 Å². The number of nitrogen functional groups attached to an aromatic ring is 1. The molecular formula is C15H14ClFN2O2. The third kappa shape index (κ3) is 3.44. The fourth-order valence-electron chi connectivity index (χ4n) is 1.94. The maximum Gasteiger partial charge on any atom is 0.340 e. The maximum atomic E-state index is 13.3. The Morgan fingerprint density at radius 1 is 1.24 bits per heavy atom. The van der Waals surface area contributed by atoms with Crippen LogP contribution in [0.4, 0.5) is 21.5 Å². The summed E-state index contributed by atoms with van der Waals surface area (Å²) >= 11 is 5.80. The van der Waals surface area contributed by atoms with E-state index in [0.29, 0.717) is 22.6 Å². The number of benzene rings is 2. The second-order valence-corrected chi connectivity index (χ2v) is 4.97. The zero-order valence-corrected chi connectivity index (χ0v) is 12.3. The third-order valence-corrected chi connectivity index (χ3v) is 3.16. The molecule has 21 heavy (non-hydrogen) atoms. The molecule has 4 nitrogen and oxygen atoms in total. The standard InChI is InChI=1S/C15H14ClFN2O2/c1-8-3-11(7-13(14(8)18)15(20)21-2)19-12-5-9(16)4-10(17)6-12/h3-7,19H,18H2,1-2H3. The van der Waals surface area contributed by atoms with Crippen LogP contribution in [0, 0.1) is 12.7 Å². The highest BCUT2D eigenvalue weighted by Crippen LogP contribution is 2.27. The summed E-state index contributed by atoms with van der Waals surface area (Å²) in [6.45, 7) is 1.77. The van der Waals surface area contributed by atoms with Crippen molar-refractivity contribution in [1.82, 2.24) is 0 Å². The lowest BCUT2D eigenvalue weighted by atomic mass is 10.1. The van der Waals surface area contributed by atoms with E-state index in [0.717, 1.165) is 0 Å². The van der Waals surface area contributed by atoms with Gasteiger partial charge in [0, 0.05) is 22.1 Å². The Kier molecular flexibility index (Phi) is 4.33. The molecule has 110 valence electrons. The van der Waals surface area contributed by atoms with Gasteiger partial charge in [0.15, 0.2) is 0 Å². The molecule has 2 aromatic carbocycles. The van der Waals surface area contributed by atoms with Gasteiger partial charge in [-0.15, -0.1) is 0 Å². The highest BCUT2D eigenvalue weighted by molar-refractivity contribution is 6.30. The zero-order chi connectivity index (χ0) is 15.6. The molecule has 0 bridgehead atoms. The smallest absolute Gasteiger partial charge is 0.340 e. The molecule has 3 N–H and O–H groups in total. The predicted molar refractivity (Wildman–Crippen MR) is 81.6 cm³/mol. The number of halogens is 2. The summed E-state index contributed by atoms with van der Waals surface area (Å²) in [5, 5.41) is 3.26. The molecule has 0 aliphatic heterocycles. The molecule has 0 aliphatic rings. The van der Waals surface area contributed by atoms with Crippen LogP contribution < -0.4 is 11.1 Å². The van der Waals surface area contributed by atoms with Crippen LogP contribution in [0.15, 0.2) is 30.3 Å². The highest BCUT2D eigenvalue weighted by atomic mass is 35.5. The molecule has 0 aliphatic carbocycles. The van der Waals surface area contributed by atoms with Gasteiger partial charge in [-0.05, 0) is 42.8 Å². The van der Waals surface area contributed by atoms with Crippen LogP contribution in [-0.4, -0.2) is 13.1 Å². The topological polar surface area (TPSA) is 64.3 Å². The number of anilines is 3. The quantitative estimate of drug-likeness (QED) is 0.666. The first-order chi connectivity index (χ1) is 9.90. The summed E-state index contributed by atoms with van der Waals surface area (Å²) in [5.74, 6) is -0.984. The molecule has 0 amide bonds. The number of nitrogens with two attached hydrogens (primary N) is 1. The zero-order valence-electron chi connectivity index (χ0n) is 11.5. The van der Waals surface area contributed by atoms with Crippen LogP contribution in [0.2, 0.25) is 5.02 Å². The summed E-state index contributed by atoms with van der Waals surface area (Å²) in [6.07, 6.45) is 0. The first kappa shape index (κ1) is 15.1. The third-order valence-electron chi connectivity index (χ3n) is 2.94. The minimum Gasteiger partial charge on any atom is -0.465 e. The molecule has 2 aromatic rings. The van der Waals surface area contributed by atoms with Crippen LogP contribution in [0.1, 0.15) is 15.9 Å². The molecule has 0 spiro atoms. The van der Waals surface area contributed by atoms with Gasteiger partial charge in [0.1, 0.15) is 5.82 Å². The first-order valence-electron chi connectivity index (χ1n) is 6.12. The second kappa shape index (κ2) is 6.01. The normalized spacial score (nSPS) is 10.3. The SMILES string of the molecule is COC(=O)c1cc(Nc2cc(F)cc(Cl)c2)cc(C)c1N. The van der Waals surface area contributed by atoms with Crippen molar-refractivity contribution in [3.63, 3.8) is 0 Å². The van der Waals surface area contributed by atoms with Gasteiger partial charge in [-0.3, -0.25) is 0 Å². The second-order valence-electron chi connectivity index (χ2n) is 4.53. The summed E-state index contributed by atoms with van der Waals surface area (Å²) in [4.78, 5) is 11.7. The van der Waals surface area contributed by atoms with Gasteiger partial charge in [-0.2, -0.15) is 0 Å². The number of carbonyl (C=O) groups is 1. The Morgan fingerprint density at radius 2 is 1.90 bits per heavy atom. The van der Waals surface area contributed by atoms with Gasteiger partial charge in [0.2, 0.25) is 0 Å². The van der Waals surface area contributed by atoms with Gasteiger partial charge in [0.05, 0.1) is 12.7 Å². The molecular weight excluding hydrogens is 295 g/mol. The first-order valence-corrected chi connectivity index (χ1v) is 6.50. The number of hydrogen-bond donors (Lipinski definition) is 2. The number of esters is 1. The molecule has 6 heteroatoms. The van der Waals surface area contributed by atoms with Crippen LogP contribution in [-0.2, 0) is 4.74 Å². The number of ether oxygens (including phenoxy) is 1. The van der Waals surface area contributed by atoms with Crippen LogP contribution in [0.25, 0.3) is 0 Å². The van der Waals surface area contributed by atoms with Crippen molar-refractivity contribution in [1.29, 1.82) is 0 Å². The largest absolute Gasteiger partial charge is 0.465 e. The van der Waals surface area contributed by atoms with Crippen LogP contribution >= 0.6 is 11.6 Å². The Morgan fingerprint density at radius 3 is 2.52 bits per heavy atom. The minimum absolute atomic E-state index is 0.252. The molecule has 0 unspecified atom stereocenters. The van der Waals surface area contributed by atoms with Crippen molar-refractivity contribution >= 4 is 34.6 Å². The van der Waals surface area contributed by atoms with E-state index in [-0.39, 0.29) is 10.6 Å². The average molecular weight is 309 g/mol. The van der Waals surface area contributed by atoms with E-state index in [1.807, 2.05) is 0 Å². The van der Waals surface area contributed by atoms with E-state index in [4.69, 9.17) is 17.3 Å². The number of methoxy groups -OCH3 is 1. The fraction of sp³-hybridized carbons (Fsp3) is 0.133. The molecule has 0 radical (unpaired) electrons. The summed E-state index contributed by atoms with van der Waals surface area (Å²) in [5.41, 5.74) is 8.23. The highest BCUT2D eigenvalue weighted by Gasteiger charge is 2.13. The molecule has 0 atom stereocenters. The fourth-order valence-corrected chi connectivity index (χ4v) is 2.16. The van der Waals surface area contributed by atoms with Crippen molar-refractivity contribution in [2.45, 2.75) is 6.92 Å². The molecule has 0 saturated heterocycles.